The van der Waals surface area contributed by atoms with Crippen molar-refractivity contribution in [1.29, 1.82) is 0 Å². The highest BCUT2D eigenvalue weighted by Gasteiger charge is 2.13. The molecule has 0 bridgehead atoms. The first kappa shape index (κ1) is 11.2. The second kappa shape index (κ2) is 5.16. The third-order valence-corrected chi connectivity index (χ3v) is 2.95. The maximum atomic E-state index is 10.7. The quantitative estimate of drug-likeness (QED) is 0.854. The van der Waals surface area contributed by atoms with Gasteiger partial charge in [-0.2, -0.15) is 0 Å². The first-order chi connectivity index (χ1) is 7.75. The summed E-state index contributed by atoms with van der Waals surface area (Å²) >= 11 is 0. The Bertz CT molecular complexity index is 351. The average molecular weight is 223 g/mol. The van der Waals surface area contributed by atoms with Crippen LogP contribution in [0.5, 0.6) is 0 Å². The topological polar surface area (TPSA) is 53.7 Å². The molecule has 1 aliphatic heterocycles. The lowest BCUT2D eigenvalue weighted by atomic mass is 10.2. The molecule has 2 rings (SSSR count). The van der Waals surface area contributed by atoms with Gasteiger partial charge in [-0.05, 0) is 38.1 Å². The maximum absolute atomic E-state index is 10.7. The summed E-state index contributed by atoms with van der Waals surface area (Å²) in [6.45, 7) is 2.90. The van der Waals surface area contributed by atoms with Gasteiger partial charge in [-0.3, -0.25) is 4.90 Å². The number of likely N-dealkylation sites (tertiary alicyclic amines) is 1. The molecule has 0 radical (unpaired) electrons. The maximum Gasteiger partial charge on any atom is 0.371 e. The molecule has 0 aromatic carbocycles. The molecule has 88 valence electrons. The number of furan rings is 1. The minimum atomic E-state index is -0.998. The number of hydrogen-bond acceptors (Lipinski definition) is 3. The van der Waals surface area contributed by atoms with Gasteiger partial charge in [0.05, 0.1) is 6.54 Å². The lowest BCUT2D eigenvalue weighted by Gasteiger charge is -2.17. The lowest BCUT2D eigenvalue weighted by Crippen LogP contribution is -2.23. The lowest BCUT2D eigenvalue weighted by molar-refractivity contribution is 0.0658. The minimum absolute atomic E-state index is 0.0322. The predicted octanol–water partition coefficient (Wildman–Crippen LogP) is 2.35. The van der Waals surface area contributed by atoms with Gasteiger partial charge in [0.1, 0.15) is 5.76 Å². The van der Waals surface area contributed by atoms with Crippen molar-refractivity contribution >= 4 is 5.97 Å². The fourth-order valence-corrected chi connectivity index (χ4v) is 2.09. The van der Waals surface area contributed by atoms with E-state index in [-0.39, 0.29) is 5.76 Å². The number of carboxylic acids is 1. The predicted molar refractivity (Wildman–Crippen MR) is 59.4 cm³/mol. The molecule has 0 unspecified atom stereocenters. The van der Waals surface area contributed by atoms with Crippen LogP contribution in [0.2, 0.25) is 0 Å². The highest BCUT2D eigenvalue weighted by molar-refractivity contribution is 5.84. The Labute approximate surface area is 94.9 Å². The SMILES string of the molecule is O=C(O)c1ccc(CN2CCCCCC2)o1. The van der Waals surface area contributed by atoms with Gasteiger partial charge in [-0.15, -0.1) is 0 Å². The fraction of sp³-hybridized carbons (Fsp3) is 0.583. The van der Waals surface area contributed by atoms with Crippen molar-refractivity contribution in [1.82, 2.24) is 4.90 Å². The molecular weight excluding hydrogens is 206 g/mol. The third-order valence-electron chi connectivity index (χ3n) is 2.95. The average Bonchev–Trinajstić information content (AvgIpc) is 2.56. The molecule has 0 atom stereocenters. The van der Waals surface area contributed by atoms with E-state index in [0.717, 1.165) is 25.4 Å². The zero-order valence-electron chi connectivity index (χ0n) is 9.32. The molecule has 0 spiro atoms. The molecule has 1 fully saturated rings. The Morgan fingerprint density at radius 1 is 1.25 bits per heavy atom. The number of carbonyl (C=O) groups is 1. The van der Waals surface area contributed by atoms with Crippen LogP contribution in [0.4, 0.5) is 0 Å². The summed E-state index contributed by atoms with van der Waals surface area (Å²) < 4.78 is 5.25. The molecule has 1 aromatic heterocycles. The van der Waals surface area contributed by atoms with Crippen LogP contribution in [-0.2, 0) is 6.54 Å². The first-order valence-electron chi connectivity index (χ1n) is 5.80. The van der Waals surface area contributed by atoms with Gasteiger partial charge in [0.15, 0.2) is 0 Å². The van der Waals surface area contributed by atoms with Crippen LogP contribution >= 0.6 is 0 Å². The summed E-state index contributed by atoms with van der Waals surface area (Å²) in [5.74, 6) is -0.216. The summed E-state index contributed by atoms with van der Waals surface area (Å²) in [6, 6.07) is 3.28. The minimum Gasteiger partial charge on any atom is -0.475 e. The van der Waals surface area contributed by atoms with E-state index in [1.165, 1.54) is 31.7 Å². The Balaban J connectivity index is 1.94. The molecule has 1 saturated heterocycles. The van der Waals surface area contributed by atoms with E-state index in [1.807, 2.05) is 0 Å². The molecule has 4 nitrogen and oxygen atoms in total. The van der Waals surface area contributed by atoms with Crippen LogP contribution < -0.4 is 0 Å². The molecule has 4 heteroatoms. The van der Waals surface area contributed by atoms with E-state index in [4.69, 9.17) is 9.52 Å². The molecule has 1 N–H and O–H groups in total. The zero-order chi connectivity index (χ0) is 11.4. The highest BCUT2D eigenvalue weighted by atomic mass is 16.4. The molecular formula is C12H17NO3. The van der Waals surface area contributed by atoms with Gasteiger partial charge in [0.2, 0.25) is 5.76 Å². The van der Waals surface area contributed by atoms with Crippen LogP contribution in [0.15, 0.2) is 16.5 Å². The van der Waals surface area contributed by atoms with Gasteiger partial charge in [-0.1, -0.05) is 12.8 Å². The van der Waals surface area contributed by atoms with Gasteiger partial charge in [0, 0.05) is 0 Å². The Hall–Kier alpha value is -1.29. The molecule has 0 saturated carbocycles. The number of carboxylic acid groups (broad SMARTS) is 1. The fourth-order valence-electron chi connectivity index (χ4n) is 2.09. The van der Waals surface area contributed by atoms with Gasteiger partial charge >= 0.3 is 5.97 Å². The van der Waals surface area contributed by atoms with Crippen LogP contribution in [0.3, 0.4) is 0 Å². The van der Waals surface area contributed by atoms with Crippen molar-refractivity contribution in [3.63, 3.8) is 0 Å². The summed E-state index contributed by atoms with van der Waals surface area (Å²) in [4.78, 5) is 13.0. The smallest absolute Gasteiger partial charge is 0.371 e. The summed E-state index contributed by atoms with van der Waals surface area (Å²) in [6.07, 6.45) is 5.06. The summed E-state index contributed by atoms with van der Waals surface area (Å²) in [5, 5.41) is 8.74. The highest BCUT2D eigenvalue weighted by Crippen LogP contribution is 2.15. The second-order valence-electron chi connectivity index (χ2n) is 4.26. The van der Waals surface area contributed by atoms with Crippen molar-refractivity contribution < 1.29 is 14.3 Å². The van der Waals surface area contributed by atoms with E-state index < -0.39 is 5.97 Å². The monoisotopic (exact) mass is 223 g/mol. The van der Waals surface area contributed by atoms with Crippen molar-refractivity contribution in [3.8, 4) is 0 Å². The Kier molecular flexibility index (Phi) is 3.62. The van der Waals surface area contributed by atoms with E-state index in [0.29, 0.717) is 0 Å². The van der Waals surface area contributed by atoms with Crippen molar-refractivity contribution in [2.75, 3.05) is 13.1 Å². The molecule has 1 aromatic rings. The van der Waals surface area contributed by atoms with Crippen molar-refractivity contribution in [3.05, 3.63) is 23.7 Å². The van der Waals surface area contributed by atoms with Gasteiger partial charge in [-0.25, -0.2) is 4.79 Å². The summed E-state index contributed by atoms with van der Waals surface area (Å²) in [5.41, 5.74) is 0. The van der Waals surface area contributed by atoms with E-state index in [1.54, 1.807) is 6.07 Å². The van der Waals surface area contributed by atoms with Gasteiger partial charge in [0.25, 0.3) is 0 Å². The largest absolute Gasteiger partial charge is 0.475 e. The van der Waals surface area contributed by atoms with E-state index >= 15 is 0 Å². The van der Waals surface area contributed by atoms with Crippen molar-refractivity contribution in [2.24, 2.45) is 0 Å². The number of hydrogen-bond donors (Lipinski definition) is 1. The van der Waals surface area contributed by atoms with Crippen LogP contribution in [0.1, 0.15) is 42.0 Å². The first-order valence-corrected chi connectivity index (χ1v) is 5.80. The van der Waals surface area contributed by atoms with Gasteiger partial charge < -0.3 is 9.52 Å². The Morgan fingerprint density at radius 3 is 2.50 bits per heavy atom. The standard InChI is InChI=1S/C12H17NO3/c14-12(15)11-6-5-10(16-11)9-13-7-3-1-2-4-8-13/h5-6H,1-4,7-9H2,(H,14,15). The zero-order valence-corrected chi connectivity index (χ0v) is 9.32. The summed E-state index contributed by atoms with van der Waals surface area (Å²) in [7, 11) is 0. The van der Waals surface area contributed by atoms with Crippen molar-refractivity contribution in [2.45, 2.75) is 32.2 Å². The van der Waals surface area contributed by atoms with E-state index in [9.17, 15) is 4.79 Å². The van der Waals surface area contributed by atoms with Crippen LogP contribution in [0.25, 0.3) is 0 Å². The number of nitrogens with zero attached hydrogens (tertiary/aromatic N) is 1. The second-order valence-corrected chi connectivity index (χ2v) is 4.26. The number of rotatable bonds is 3. The molecule has 16 heavy (non-hydrogen) atoms. The van der Waals surface area contributed by atoms with Crippen LogP contribution in [0, 0.1) is 0 Å². The normalized spacial score (nSPS) is 18.2. The Morgan fingerprint density at radius 2 is 1.94 bits per heavy atom. The number of aromatic carboxylic acids is 1. The molecule has 0 amide bonds. The van der Waals surface area contributed by atoms with E-state index in [2.05, 4.69) is 4.90 Å². The molecule has 2 heterocycles. The third kappa shape index (κ3) is 2.85. The molecule has 0 aliphatic carbocycles. The molecule has 1 aliphatic rings. The van der Waals surface area contributed by atoms with Crippen LogP contribution in [-0.4, -0.2) is 29.1 Å².